The van der Waals surface area contributed by atoms with E-state index in [4.69, 9.17) is 18.0 Å². The van der Waals surface area contributed by atoms with Crippen molar-refractivity contribution in [1.29, 1.82) is 0 Å². The van der Waals surface area contributed by atoms with E-state index in [1.165, 1.54) is 11.3 Å². The summed E-state index contributed by atoms with van der Waals surface area (Å²) in [7, 11) is 0. The van der Waals surface area contributed by atoms with Gasteiger partial charge < -0.3 is 11.1 Å². The maximum absolute atomic E-state index is 13.9. The van der Waals surface area contributed by atoms with Crippen LogP contribution in [0.4, 0.5) is 19.6 Å². The lowest BCUT2D eigenvalue weighted by Crippen LogP contribution is -2.11. The minimum atomic E-state index is -0.755. The number of hydrogen-bond donors (Lipinski definition) is 2. The van der Waals surface area contributed by atoms with Crippen LogP contribution in [0.5, 0.6) is 0 Å². The molecule has 3 nitrogen and oxygen atoms in total. The largest absolute Gasteiger partial charge is 0.389 e. The number of benzene rings is 1. The van der Waals surface area contributed by atoms with Crippen LogP contribution in [-0.4, -0.2) is 9.97 Å². The Hall–Kier alpha value is -1.60. The number of nitrogens with zero attached hydrogens (tertiary/aromatic N) is 1. The molecule has 0 radical (unpaired) electrons. The zero-order valence-corrected chi connectivity index (χ0v) is 12.5. The minimum absolute atomic E-state index is 0.0503. The molecule has 0 atom stereocenters. The number of nitrogens with one attached hydrogen (secondary N) is 1. The molecule has 0 spiro atoms. The first kappa shape index (κ1) is 14.8. The summed E-state index contributed by atoms with van der Waals surface area (Å²) >= 11 is 5.99. The van der Waals surface area contributed by atoms with Crippen LogP contribution >= 0.6 is 23.6 Å². The van der Waals surface area contributed by atoms with Crippen molar-refractivity contribution in [1.82, 2.24) is 4.98 Å². The molecule has 0 unspecified atom stereocenters. The Balaban J connectivity index is 2.31. The summed E-state index contributed by atoms with van der Waals surface area (Å²) in [6, 6.07) is 2.20. The second-order valence-electron chi connectivity index (χ2n) is 4.54. The summed E-state index contributed by atoms with van der Waals surface area (Å²) in [5.74, 6) is -1.25. The molecule has 7 heteroatoms. The molecule has 2 rings (SSSR count). The Kier molecular flexibility index (Phi) is 4.29. The van der Waals surface area contributed by atoms with E-state index in [-0.39, 0.29) is 22.2 Å². The number of hydrogen-bond acceptors (Lipinski definition) is 4. The van der Waals surface area contributed by atoms with Gasteiger partial charge in [0.2, 0.25) is 0 Å². The smallest absolute Gasteiger partial charge is 0.187 e. The van der Waals surface area contributed by atoms with Gasteiger partial charge in [-0.1, -0.05) is 26.1 Å². The number of halogens is 2. The molecule has 106 valence electrons. The summed E-state index contributed by atoms with van der Waals surface area (Å²) in [5.41, 5.74) is 6.13. The Bertz CT molecular complexity index is 630. The standard InChI is InChI=1S/C13H13F2N3S2/c1-6(2)10-5-20-13(17-10)18-11-8(14)3-7(12(16)19)4-9(11)15/h3-6H,1-2H3,(H2,16,19)(H,17,18). The van der Waals surface area contributed by atoms with Crippen molar-refractivity contribution in [3.05, 3.63) is 40.4 Å². The molecule has 1 heterocycles. The zero-order chi connectivity index (χ0) is 14.9. The lowest BCUT2D eigenvalue weighted by Gasteiger charge is -2.08. The molecule has 1 aromatic carbocycles. The Labute approximate surface area is 124 Å². The lowest BCUT2D eigenvalue weighted by atomic mass is 10.2. The van der Waals surface area contributed by atoms with E-state index in [1.807, 2.05) is 19.2 Å². The van der Waals surface area contributed by atoms with Crippen LogP contribution in [0.25, 0.3) is 0 Å². The highest BCUT2D eigenvalue weighted by Gasteiger charge is 2.14. The van der Waals surface area contributed by atoms with Crippen molar-refractivity contribution in [3.63, 3.8) is 0 Å². The van der Waals surface area contributed by atoms with Crippen LogP contribution in [0.2, 0.25) is 0 Å². The fraction of sp³-hybridized carbons (Fsp3) is 0.231. The van der Waals surface area contributed by atoms with Crippen LogP contribution < -0.4 is 11.1 Å². The summed E-state index contributed by atoms with van der Waals surface area (Å²) in [6.45, 7) is 3.99. The fourth-order valence-electron chi connectivity index (χ4n) is 1.55. The molecule has 0 amide bonds. The van der Waals surface area contributed by atoms with Gasteiger partial charge in [-0.3, -0.25) is 0 Å². The van der Waals surface area contributed by atoms with Crippen molar-refractivity contribution in [2.24, 2.45) is 5.73 Å². The second kappa shape index (κ2) is 5.80. The molecule has 3 N–H and O–H groups in total. The lowest BCUT2D eigenvalue weighted by molar-refractivity contribution is 0.590. The monoisotopic (exact) mass is 313 g/mol. The first-order valence-electron chi connectivity index (χ1n) is 5.89. The topological polar surface area (TPSA) is 50.9 Å². The third-order valence-corrected chi connectivity index (χ3v) is 3.68. The molecule has 0 fully saturated rings. The quantitative estimate of drug-likeness (QED) is 0.840. The van der Waals surface area contributed by atoms with E-state index in [2.05, 4.69) is 10.3 Å². The summed E-state index contributed by atoms with van der Waals surface area (Å²) in [5, 5.41) is 4.95. The average molecular weight is 313 g/mol. The van der Waals surface area contributed by atoms with E-state index < -0.39 is 11.6 Å². The number of aromatic nitrogens is 1. The van der Waals surface area contributed by atoms with Gasteiger partial charge in [-0.25, -0.2) is 13.8 Å². The molecule has 20 heavy (non-hydrogen) atoms. The van der Waals surface area contributed by atoms with Crippen molar-refractivity contribution < 1.29 is 8.78 Å². The predicted octanol–water partition coefficient (Wildman–Crippen LogP) is 3.92. The molecule has 0 aliphatic carbocycles. The highest BCUT2D eigenvalue weighted by Crippen LogP contribution is 2.28. The summed E-state index contributed by atoms with van der Waals surface area (Å²) < 4.78 is 27.8. The normalized spacial score (nSPS) is 10.8. The maximum Gasteiger partial charge on any atom is 0.187 e. The first-order chi connectivity index (χ1) is 9.38. The van der Waals surface area contributed by atoms with Gasteiger partial charge in [0.05, 0.1) is 5.69 Å². The number of nitrogens with two attached hydrogens (primary N) is 1. The Morgan fingerprint density at radius 3 is 2.40 bits per heavy atom. The SMILES string of the molecule is CC(C)c1csc(Nc2c(F)cc(C(N)=S)cc2F)n1. The van der Waals surface area contributed by atoms with E-state index in [0.29, 0.717) is 5.13 Å². The Morgan fingerprint density at radius 2 is 1.95 bits per heavy atom. The second-order valence-corrected chi connectivity index (χ2v) is 5.83. The third-order valence-electron chi connectivity index (χ3n) is 2.67. The van der Waals surface area contributed by atoms with Gasteiger partial charge in [0.25, 0.3) is 0 Å². The Morgan fingerprint density at radius 1 is 1.35 bits per heavy atom. The predicted molar refractivity (Wildman–Crippen MR) is 81.7 cm³/mol. The van der Waals surface area contributed by atoms with Crippen LogP contribution in [0, 0.1) is 11.6 Å². The number of thiocarbonyl (C=S) groups is 1. The number of thiazole rings is 1. The van der Waals surface area contributed by atoms with Crippen LogP contribution in [-0.2, 0) is 0 Å². The van der Waals surface area contributed by atoms with Crippen molar-refractivity contribution in [2.45, 2.75) is 19.8 Å². The summed E-state index contributed by atoms with van der Waals surface area (Å²) in [4.78, 5) is 4.22. The van der Waals surface area contributed by atoms with Gasteiger partial charge >= 0.3 is 0 Å². The van der Waals surface area contributed by atoms with Gasteiger partial charge in [0.1, 0.15) is 22.3 Å². The molecule has 1 aromatic heterocycles. The summed E-state index contributed by atoms with van der Waals surface area (Å²) in [6.07, 6.45) is 0. The van der Waals surface area contributed by atoms with E-state index in [9.17, 15) is 8.78 Å². The van der Waals surface area contributed by atoms with Gasteiger partial charge in [-0.15, -0.1) is 11.3 Å². The molecule has 0 saturated carbocycles. The molecular weight excluding hydrogens is 300 g/mol. The average Bonchev–Trinajstić information content (AvgIpc) is 2.82. The van der Waals surface area contributed by atoms with E-state index in [1.54, 1.807) is 0 Å². The van der Waals surface area contributed by atoms with Gasteiger partial charge in [0.15, 0.2) is 5.13 Å². The highest BCUT2D eigenvalue weighted by atomic mass is 32.1. The van der Waals surface area contributed by atoms with E-state index >= 15 is 0 Å². The fourth-order valence-corrected chi connectivity index (χ4v) is 2.54. The van der Waals surface area contributed by atoms with Crippen molar-refractivity contribution in [2.75, 3.05) is 5.32 Å². The van der Waals surface area contributed by atoms with Crippen LogP contribution in [0.15, 0.2) is 17.5 Å². The molecule has 0 aliphatic rings. The molecule has 0 bridgehead atoms. The first-order valence-corrected chi connectivity index (χ1v) is 7.18. The van der Waals surface area contributed by atoms with Crippen LogP contribution in [0.1, 0.15) is 31.0 Å². The van der Waals surface area contributed by atoms with Crippen LogP contribution in [0.3, 0.4) is 0 Å². The minimum Gasteiger partial charge on any atom is -0.389 e. The van der Waals surface area contributed by atoms with Crippen molar-refractivity contribution >= 4 is 39.4 Å². The van der Waals surface area contributed by atoms with Gasteiger partial charge in [-0.2, -0.15) is 0 Å². The molecule has 2 aromatic rings. The van der Waals surface area contributed by atoms with Crippen molar-refractivity contribution in [3.8, 4) is 0 Å². The zero-order valence-electron chi connectivity index (χ0n) is 10.9. The third kappa shape index (κ3) is 3.10. The molecular formula is C13H13F2N3S2. The maximum atomic E-state index is 13.9. The highest BCUT2D eigenvalue weighted by molar-refractivity contribution is 7.80. The van der Waals surface area contributed by atoms with E-state index in [0.717, 1.165) is 17.8 Å². The van der Waals surface area contributed by atoms with Gasteiger partial charge in [-0.05, 0) is 18.1 Å². The molecule has 0 saturated heterocycles. The number of anilines is 2. The number of rotatable bonds is 4. The molecule has 0 aliphatic heterocycles. The van der Waals surface area contributed by atoms with Gasteiger partial charge in [0, 0.05) is 10.9 Å².